The summed E-state index contributed by atoms with van der Waals surface area (Å²) in [4.78, 5) is 4.65. The van der Waals surface area contributed by atoms with E-state index in [0.717, 1.165) is 30.0 Å². The quantitative estimate of drug-likeness (QED) is 0.153. The van der Waals surface area contributed by atoms with Crippen molar-refractivity contribution in [3.05, 3.63) is 72.4 Å². The van der Waals surface area contributed by atoms with Gasteiger partial charge in [0.25, 0.3) is 0 Å². The number of nitrogens with zero attached hydrogens (tertiary/aromatic N) is 1. The highest BCUT2D eigenvalue weighted by atomic mass is 16.5. The first-order chi connectivity index (χ1) is 18.3. The minimum absolute atomic E-state index is 0.780. The number of ether oxygens (including phenoxy) is 1. The van der Waals surface area contributed by atoms with Crippen LogP contribution >= 0.6 is 0 Å². The number of rotatable bonds is 19. The van der Waals surface area contributed by atoms with Crippen LogP contribution in [0.4, 0.5) is 0 Å². The summed E-state index contributed by atoms with van der Waals surface area (Å²) < 4.78 is 5.91. The van der Waals surface area contributed by atoms with Crippen molar-refractivity contribution >= 4 is 0 Å². The van der Waals surface area contributed by atoms with Crippen LogP contribution in [0.3, 0.4) is 0 Å². The average Bonchev–Trinajstić information content (AvgIpc) is 2.95. The molecular weight excluding hydrogens is 450 g/mol. The van der Waals surface area contributed by atoms with Crippen molar-refractivity contribution in [1.82, 2.24) is 4.98 Å². The fourth-order valence-corrected chi connectivity index (χ4v) is 4.87. The SMILES string of the molecule is CCCCCCCCCCOc1ccc(-c2ccc(-c3ccc(CCCCCCCC)cc3)cc2)nc1. The van der Waals surface area contributed by atoms with Gasteiger partial charge in [0.1, 0.15) is 5.75 Å². The monoisotopic (exact) mass is 499 g/mol. The van der Waals surface area contributed by atoms with Gasteiger partial charge in [0.2, 0.25) is 0 Å². The normalized spacial score (nSPS) is 11.1. The van der Waals surface area contributed by atoms with Crippen molar-refractivity contribution in [2.24, 2.45) is 0 Å². The Kier molecular flexibility index (Phi) is 13.9. The Labute approximate surface area is 226 Å². The predicted octanol–water partition coefficient (Wildman–Crippen LogP) is 10.8. The van der Waals surface area contributed by atoms with Gasteiger partial charge >= 0.3 is 0 Å². The summed E-state index contributed by atoms with van der Waals surface area (Å²) in [7, 11) is 0. The van der Waals surface area contributed by atoms with Gasteiger partial charge in [-0.15, -0.1) is 0 Å². The number of benzene rings is 2. The smallest absolute Gasteiger partial charge is 0.137 e. The van der Waals surface area contributed by atoms with E-state index < -0.39 is 0 Å². The zero-order chi connectivity index (χ0) is 26.0. The first-order valence-electron chi connectivity index (χ1n) is 15.1. The molecule has 2 nitrogen and oxygen atoms in total. The van der Waals surface area contributed by atoms with Crippen LogP contribution in [-0.2, 0) is 6.42 Å². The number of unbranched alkanes of at least 4 members (excludes halogenated alkanes) is 12. The van der Waals surface area contributed by atoms with E-state index in [1.807, 2.05) is 12.3 Å². The molecule has 0 radical (unpaired) electrons. The lowest BCUT2D eigenvalue weighted by Crippen LogP contribution is -1.98. The minimum atomic E-state index is 0.780. The van der Waals surface area contributed by atoms with Gasteiger partial charge in [-0.05, 0) is 48.1 Å². The Morgan fingerprint density at radius 2 is 1.03 bits per heavy atom. The largest absolute Gasteiger partial charge is 0.492 e. The van der Waals surface area contributed by atoms with Gasteiger partial charge in [-0.3, -0.25) is 4.98 Å². The summed E-state index contributed by atoms with van der Waals surface area (Å²) >= 11 is 0. The summed E-state index contributed by atoms with van der Waals surface area (Å²) in [6.45, 7) is 5.33. The fraction of sp³-hybridized carbons (Fsp3) is 0.514. The topological polar surface area (TPSA) is 22.1 Å². The Bertz CT molecular complexity index is 960. The molecule has 1 heterocycles. The Morgan fingerprint density at radius 1 is 0.514 bits per heavy atom. The third-order valence-electron chi connectivity index (χ3n) is 7.29. The molecule has 3 rings (SSSR count). The van der Waals surface area contributed by atoms with E-state index in [4.69, 9.17) is 4.74 Å². The van der Waals surface area contributed by atoms with Crippen LogP contribution in [0.25, 0.3) is 22.4 Å². The van der Waals surface area contributed by atoms with Crippen molar-refractivity contribution in [3.63, 3.8) is 0 Å². The number of hydrogen-bond acceptors (Lipinski definition) is 2. The van der Waals surface area contributed by atoms with E-state index in [9.17, 15) is 0 Å². The molecule has 0 saturated heterocycles. The van der Waals surface area contributed by atoms with Gasteiger partial charge in [0.05, 0.1) is 18.5 Å². The standard InChI is InChI=1S/C35H49NO/c1-3-5-7-9-11-12-14-16-28-37-34-26-27-35(36-29-34)33-24-22-32(23-25-33)31-20-18-30(19-21-31)17-15-13-10-8-6-4-2/h18-27,29H,3-17,28H2,1-2H3. The molecule has 0 N–H and O–H groups in total. The van der Waals surface area contributed by atoms with E-state index in [1.54, 1.807) is 0 Å². The van der Waals surface area contributed by atoms with Crippen molar-refractivity contribution in [2.75, 3.05) is 6.61 Å². The summed E-state index contributed by atoms with van der Waals surface area (Å²) in [6, 6.07) is 22.0. The maximum atomic E-state index is 5.91. The lowest BCUT2D eigenvalue weighted by Gasteiger charge is -2.08. The molecule has 0 saturated carbocycles. The molecule has 0 amide bonds. The van der Waals surface area contributed by atoms with Crippen LogP contribution in [-0.4, -0.2) is 11.6 Å². The van der Waals surface area contributed by atoms with Gasteiger partial charge in [-0.25, -0.2) is 0 Å². The zero-order valence-electron chi connectivity index (χ0n) is 23.5. The number of aromatic nitrogens is 1. The molecule has 0 unspecified atom stereocenters. The molecule has 2 aromatic carbocycles. The van der Waals surface area contributed by atoms with Crippen molar-refractivity contribution in [1.29, 1.82) is 0 Å². The zero-order valence-corrected chi connectivity index (χ0v) is 23.5. The summed E-state index contributed by atoms with van der Waals surface area (Å²) in [5.41, 5.74) is 6.10. The van der Waals surface area contributed by atoms with E-state index in [-0.39, 0.29) is 0 Å². The van der Waals surface area contributed by atoms with Crippen LogP contribution in [0.15, 0.2) is 66.9 Å². The molecular formula is C35H49NO. The average molecular weight is 500 g/mol. The molecule has 0 fully saturated rings. The van der Waals surface area contributed by atoms with Crippen LogP contribution in [0.1, 0.15) is 109 Å². The highest BCUT2D eigenvalue weighted by Gasteiger charge is 2.04. The van der Waals surface area contributed by atoms with Crippen LogP contribution in [0.2, 0.25) is 0 Å². The lowest BCUT2D eigenvalue weighted by atomic mass is 9.99. The minimum Gasteiger partial charge on any atom is -0.492 e. The lowest BCUT2D eigenvalue weighted by molar-refractivity contribution is 0.303. The summed E-state index contributed by atoms with van der Waals surface area (Å²) in [6.07, 6.45) is 21.7. The second-order valence-corrected chi connectivity index (χ2v) is 10.5. The molecule has 0 aliphatic carbocycles. The van der Waals surface area contributed by atoms with Crippen LogP contribution in [0, 0.1) is 0 Å². The van der Waals surface area contributed by atoms with E-state index in [2.05, 4.69) is 73.4 Å². The molecule has 200 valence electrons. The third-order valence-corrected chi connectivity index (χ3v) is 7.29. The fourth-order valence-electron chi connectivity index (χ4n) is 4.87. The number of pyridine rings is 1. The maximum absolute atomic E-state index is 5.91. The van der Waals surface area contributed by atoms with E-state index >= 15 is 0 Å². The molecule has 1 aromatic heterocycles. The third kappa shape index (κ3) is 11.1. The first kappa shape index (κ1) is 29.0. The second kappa shape index (κ2) is 17.8. The van der Waals surface area contributed by atoms with Gasteiger partial charge < -0.3 is 4.74 Å². The first-order valence-corrected chi connectivity index (χ1v) is 15.1. The van der Waals surface area contributed by atoms with E-state index in [1.165, 1.54) is 107 Å². The Hall–Kier alpha value is -2.61. The molecule has 2 heteroatoms. The van der Waals surface area contributed by atoms with Crippen molar-refractivity contribution in [2.45, 2.75) is 110 Å². The Balaban J connectivity index is 1.39. The molecule has 37 heavy (non-hydrogen) atoms. The van der Waals surface area contributed by atoms with Crippen molar-refractivity contribution < 1.29 is 4.74 Å². The molecule has 0 aliphatic rings. The second-order valence-electron chi connectivity index (χ2n) is 10.5. The molecule has 0 atom stereocenters. The highest BCUT2D eigenvalue weighted by molar-refractivity contribution is 5.69. The van der Waals surface area contributed by atoms with Gasteiger partial charge in [-0.2, -0.15) is 0 Å². The predicted molar refractivity (Wildman–Crippen MR) is 160 cm³/mol. The molecule has 3 aromatic rings. The molecule has 0 bridgehead atoms. The highest BCUT2D eigenvalue weighted by Crippen LogP contribution is 2.25. The molecule has 0 spiro atoms. The number of aryl methyl sites for hydroxylation is 1. The summed E-state index contributed by atoms with van der Waals surface area (Å²) in [5, 5.41) is 0. The molecule has 0 aliphatic heterocycles. The van der Waals surface area contributed by atoms with Crippen molar-refractivity contribution in [3.8, 4) is 28.1 Å². The summed E-state index contributed by atoms with van der Waals surface area (Å²) in [5.74, 6) is 0.865. The van der Waals surface area contributed by atoms with Crippen LogP contribution in [0.5, 0.6) is 5.75 Å². The van der Waals surface area contributed by atoms with Gasteiger partial charge in [-0.1, -0.05) is 139 Å². The Morgan fingerprint density at radius 3 is 1.59 bits per heavy atom. The maximum Gasteiger partial charge on any atom is 0.137 e. The number of hydrogen-bond donors (Lipinski definition) is 0. The van der Waals surface area contributed by atoms with Gasteiger partial charge in [0.15, 0.2) is 0 Å². The van der Waals surface area contributed by atoms with E-state index in [0.29, 0.717) is 0 Å². The van der Waals surface area contributed by atoms with Gasteiger partial charge in [0, 0.05) is 5.56 Å². The van der Waals surface area contributed by atoms with Crippen LogP contribution < -0.4 is 4.74 Å².